The summed E-state index contributed by atoms with van der Waals surface area (Å²) in [6, 6.07) is 9.42. The summed E-state index contributed by atoms with van der Waals surface area (Å²) in [5.74, 6) is 0.658. The van der Waals surface area contributed by atoms with E-state index in [1.807, 2.05) is 0 Å². The van der Waals surface area contributed by atoms with Gasteiger partial charge in [-0.3, -0.25) is 4.99 Å². The van der Waals surface area contributed by atoms with Crippen LogP contribution in [-0.4, -0.2) is 24.5 Å². The van der Waals surface area contributed by atoms with Gasteiger partial charge in [0.05, 0.1) is 18.8 Å². The SMILES string of the molecule is Oc1ccc2c(c1)C1(COCC=N1)c1c(F)cccc1O2. The Hall–Kier alpha value is -2.40. The van der Waals surface area contributed by atoms with Crippen molar-refractivity contribution in [2.75, 3.05) is 13.2 Å². The highest BCUT2D eigenvalue weighted by Crippen LogP contribution is 2.51. The van der Waals surface area contributed by atoms with Gasteiger partial charge in [0.25, 0.3) is 0 Å². The lowest BCUT2D eigenvalue weighted by Gasteiger charge is -2.38. The first-order chi connectivity index (χ1) is 10.2. The highest BCUT2D eigenvalue weighted by atomic mass is 19.1. The summed E-state index contributed by atoms with van der Waals surface area (Å²) in [6.07, 6.45) is 1.62. The molecule has 1 unspecified atom stereocenters. The number of aromatic hydroxyl groups is 1. The van der Waals surface area contributed by atoms with Gasteiger partial charge in [-0.15, -0.1) is 0 Å². The molecule has 4 nitrogen and oxygen atoms in total. The van der Waals surface area contributed by atoms with Gasteiger partial charge in [0.2, 0.25) is 0 Å². The Morgan fingerprint density at radius 1 is 1.19 bits per heavy atom. The summed E-state index contributed by atoms with van der Waals surface area (Å²) >= 11 is 0. The first-order valence-corrected chi connectivity index (χ1v) is 6.62. The van der Waals surface area contributed by atoms with Crippen molar-refractivity contribution in [2.45, 2.75) is 5.54 Å². The average molecular weight is 285 g/mol. The predicted molar refractivity (Wildman–Crippen MR) is 74.7 cm³/mol. The normalized spacial score (nSPS) is 22.5. The van der Waals surface area contributed by atoms with Crippen molar-refractivity contribution < 1.29 is 19.0 Å². The van der Waals surface area contributed by atoms with Crippen LogP contribution in [0.15, 0.2) is 41.4 Å². The van der Waals surface area contributed by atoms with Gasteiger partial charge >= 0.3 is 0 Å². The van der Waals surface area contributed by atoms with Crippen molar-refractivity contribution in [3.8, 4) is 17.2 Å². The van der Waals surface area contributed by atoms with E-state index in [1.165, 1.54) is 12.1 Å². The largest absolute Gasteiger partial charge is 0.508 e. The zero-order valence-corrected chi connectivity index (χ0v) is 11.0. The Morgan fingerprint density at radius 2 is 2.10 bits per heavy atom. The minimum atomic E-state index is -1.01. The number of fused-ring (bicyclic) bond motifs is 4. The maximum absolute atomic E-state index is 14.4. The van der Waals surface area contributed by atoms with E-state index >= 15 is 0 Å². The second-order valence-electron chi connectivity index (χ2n) is 5.08. The maximum atomic E-state index is 14.4. The van der Waals surface area contributed by atoms with Gasteiger partial charge in [-0.25, -0.2) is 4.39 Å². The molecule has 1 atom stereocenters. The molecule has 2 aromatic rings. The average Bonchev–Trinajstić information content (AvgIpc) is 2.49. The monoisotopic (exact) mass is 285 g/mol. The van der Waals surface area contributed by atoms with E-state index in [1.54, 1.807) is 30.5 Å². The molecule has 0 bridgehead atoms. The van der Waals surface area contributed by atoms with Gasteiger partial charge in [-0.05, 0) is 30.3 Å². The van der Waals surface area contributed by atoms with Crippen LogP contribution in [0.5, 0.6) is 17.2 Å². The Balaban J connectivity index is 2.07. The van der Waals surface area contributed by atoms with Crippen LogP contribution < -0.4 is 4.74 Å². The number of benzene rings is 2. The van der Waals surface area contributed by atoms with E-state index < -0.39 is 11.4 Å². The van der Waals surface area contributed by atoms with E-state index in [2.05, 4.69) is 4.99 Å². The highest BCUT2D eigenvalue weighted by Gasteiger charge is 2.45. The van der Waals surface area contributed by atoms with Crippen LogP contribution in [0.25, 0.3) is 0 Å². The van der Waals surface area contributed by atoms with Gasteiger partial charge in [0.15, 0.2) is 0 Å². The minimum Gasteiger partial charge on any atom is -0.508 e. The first kappa shape index (κ1) is 12.3. The lowest BCUT2D eigenvalue weighted by Crippen LogP contribution is -2.38. The molecule has 5 heteroatoms. The van der Waals surface area contributed by atoms with E-state index in [0.717, 1.165) is 0 Å². The number of phenols is 1. The molecule has 0 amide bonds. The minimum absolute atomic E-state index is 0.0808. The second kappa shape index (κ2) is 4.30. The number of halogens is 1. The van der Waals surface area contributed by atoms with Crippen molar-refractivity contribution >= 4 is 6.21 Å². The van der Waals surface area contributed by atoms with E-state index in [0.29, 0.717) is 29.2 Å². The number of hydrogen-bond acceptors (Lipinski definition) is 4. The number of rotatable bonds is 0. The molecule has 21 heavy (non-hydrogen) atoms. The molecule has 1 spiro atoms. The van der Waals surface area contributed by atoms with Gasteiger partial charge in [0, 0.05) is 11.8 Å². The molecule has 0 radical (unpaired) electrons. The van der Waals surface area contributed by atoms with E-state index in [-0.39, 0.29) is 12.4 Å². The third-order valence-corrected chi connectivity index (χ3v) is 3.83. The van der Waals surface area contributed by atoms with Crippen LogP contribution in [0.4, 0.5) is 4.39 Å². The Bertz CT molecular complexity index is 759. The van der Waals surface area contributed by atoms with Gasteiger partial charge < -0.3 is 14.6 Å². The lowest BCUT2D eigenvalue weighted by atomic mass is 9.80. The molecule has 2 aromatic carbocycles. The van der Waals surface area contributed by atoms with Gasteiger partial charge in [0.1, 0.15) is 28.6 Å². The number of phenolic OH excluding ortho intramolecular Hbond substituents is 1. The first-order valence-electron chi connectivity index (χ1n) is 6.62. The molecule has 2 aliphatic rings. The molecule has 0 aliphatic carbocycles. The summed E-state index contributed by atoms with van der Waals surface area (Å²) in [5, 5.41) is 9.78. The molecule has 2 aliphatic heterocycles. The summed E-state index contributed by atoms with van der Waals surface area (Å²) in [7, 11) is 0. The third kappa shape index (κ3) is 1.67. The zero-order chi connectivity index (χ0) is 14.4. The third-order valence-electron chi connectivity index (χ3n) is 3.83. The van der Waals surface area contributed by atoms with E-state index in [4.69, 9.17) is 9.47 Å². The van der Waals surface area contributed by atoms with Crippen molar-refractivity contribution in [1.29, 1.82) is 0 Å². The van der Waals surface area contributed by atoms with Gasteiger partial charge in [-0.2, -0.15) is 0 Å². The molecule has 0 saturated heterocycles. The molecule has 0 aromatic heterocycles. The molecule has 106 valence electrons. The second-order valence-corrected chi connectivity index (χ2v) is 5.08. The fourth-order valence-electron chi connectivity index (χ4n) is 2.95. The summed E-state index contributed by atoms with van der Waals surface area (Å²) < 4.78 is 25.7. The topological polar surface area (TPSA) is 51.0 Å². The van der Waals surface area contributed by atoms with E-state index in [9.17, 15) is 9.50 Å². The number of hydrogen-bond donors (Lipinski definition) is 1. The lowest BCUT2D eigenvalue weighted by molar-refractivity contribution is 0.112. The van der Waals surface area contributed by atoms with Crippen LogP contribution in [0.2, 0.25) is 0 Å². The summed E-state index contributed by atoms with van der Waals surface area (Å²) in [4.78, 5) is 4.52. The fourth-order valence-corrected chi connectivity index (χ4v) is 2.95. The molecule has 4 rings (SSSR count). The van der Waals surface area contributed by atoms with Crippen molar-refractivity contribution in [1.82, 2.24) is 0 Å². The molecule has 2 heterocycles. The molecule has 0 saturated carbocycles. The van der Waals surface area contributed by atoms with Gasteiger partial charge in [-0.1, -0.05) is 6.07 Å². The summed E-state index contributed by atoms with van der Waals surface area (Å²) in [6.45, 7) is 0.595. The number of ether oxygens (including phenoxy) is 2. The molecule has 1 N–H and O–H groups in total. The zero-order valence-electron chi connectivity index (χ0n) is 11.0. The van der Waals surface area contributed by atoms with Crippen molar-refractivity contribution in [3.63, 3.8) is 0 Å². The Labute approximate surface area is 120 Å². The van der Waals surface area contributed by atoms with Crippen LogP contribution in [0, 0.1) is 5.82 Å². The van der Waals surface area contributed by atoms with Crippen molar-refractivity contribution in [2.24, 2.45) is 4.99 Å². The highest BCUT2D eigenvalue weighted by molar-refractivity contribution is 5.67. The Morgan fingerprint density at radius 3 is 2.90 bits per heavy atom. The standard InChI is InChI=1S/C16H12FNO3/c17-12-2-1-3-14-15(12)16(9-20-7-6-18-16)11-8-10(19)4-5-13(11)21-14/h1-6,8,19H,7,9H2. The van der Waals surface area contributed by atoms with Crippen molar-refractivity contribution in [3.05, 3.63) is 53.3 Å². The number of nitrogens with zero attached hydrogens (tertiary/aromatic N) is 1. The fraction of sp³-hybridized carbons (Fsp3) is 0.188. The molecular weight excluding hydrogens is 273 g/mol. The quantitative estimate of drug-likeness (QED) is 0.809. The predicted octanol–water partition coefficient (Wildman–Crippen LogP) is 2.98. The molecule has 0 fully saturated rings. The van der Waals surface area contributed by atoms with Crippen LogP contribution in [0.3, 0.4) is 0 Å². The Kier molecular flexibility index (Phi) is 2.53. The maximum Gasteiger partial charge on any atom is 0.144 e. The molecular formula is C16H12FNO3. The van der Waals surface area contributed by atoms with Crippen LogP contribution in [-0.2, 0) is 10.3 Å². The number of aliphatic imine (C=N–C) groups is 1. The summed E-state index contributed by atoms with van der Waals surface area (Å²) in [5.41, 5.74) is -0.0549. The smallest absolute Gasteiger partial charge is 0.144 e. The van der Waals surface area contributed by atoms with Crippen LogP contribution in [0.1, 0.15) is 11.1 Å². The van der Waals surface area contributed by atoms with Crippen LogP contribution >= 0.6 is 0 Å².